The predicted molar refractivity (Wildman–Crippen MR) is 122 cm³/mol. The summed E-state index contributed by atoms with van der Waals surface area (Å²) in [7, 11) is 0. The molecule has 1 aliphatic rings. The van der Waals surface area contributed by atoms with E-state index >= 15 is 0 Å². The average Bonchev–Trinajstić information content (AvgIpc) is 3.00. The Morgan fingerprint density at radius 2 is 1.97 bits per heavy atom. The monoisotopic (exact) mass is 536 g/mol. The number of nitrogens with zero attached hydrogens (tertiary/aromatic N) is 1. The average molecular weight is 536 g/mol. The van der Waals surface area contributed by atoms with Crippen molar-refractivity contribution in [3.05, 3.63) is 62.4 Å². The van der Waals surface area contributed by atoms with E-state index < -0.39 is 12.0 Å². The molecule has 0 atom stereocenters. The Hall–Kier alpha value is -3.08. The third kappa shape index (κ3) is 5.16. The van der Waals surface area contributed by atoms with Crippen LogP contribution in [-0.4, -0.2) is 41.1 Å². The third-order valence-electron chi connectivity index (χ3n) is 4.48. The molecule has 0 aliphatic carbocycles. The van der Waals surface area contributed by atoms with Gasteiger partial charge < -0.3 is 19.9 Å². The molecule has 3 amide bonds. The lowest BCUT2D eigenvalue weighted by Gasteiger charge is -2.15. The standard InChI is InChI=1S/C22H21IN2O6/c1-3-25-20(26)17(24-22(25)29)10-14-9-16(23)19(18(11-14)30-4-2)31-12-13-6-5-7-15(8-13)21(27)28/h5-11H,3-4,12H2,1-2H3,(H,24,29)(H,27,28)/b17-10-. The second-order valence-electron chi connectivity index (χ2n) is 6.59. The van der Waals surface area contributed by atoms with Crippen molar-refractivity contribution in [1.82, 2.24) is 10.2 Å². The number of urea groups is 1. The largest absolute Gasteiger partial charge is 0.490 e. The van der Waals surface area contributed by atoms with Crippen LogP contribution in [0.4, 0.5) is 4.79 Å². The molecule has 0 saturated carbocycles. The summed E-state index contributed by atoms with van der Waals surface area (Å²) in [6.45, 7) is 4.43. The fourth-order valence-corrected chi connectivity index (χ4v) is 3.83. The molecule has 0 unspecified atom stereocenters. The van der Waals surface area contributed by atoms with Crippen molar-refractivity contribution < 1.29 is 29.0 Å². The number of nitrogens with one attached hydrogen (secondary N) is 1. The van der Waals surface area contributed by atoms with Crippen molar-refractivity contribution in [2.24, 2.45) is 0 Å². The molecule has 0 bridgehead atoms. The first-order chi connectivity index (χ1) is 14.8. The van der Waals surface area contributed by atoms with E-state index in [4.69, 9.17) is 14.6 Å². The molecule has 0 aromatic heterocycles. The van der Waals surface area contributed by atoms with E-state index in [-0.39, 0.29) is 23.8 Å². The van der Waals surface area contributed by atoms with Gasteiger partial charge in [-0.1, -0.05) is 12.1 Å². The van der Waals surface area contributed by atoms with Gasteiger partial charge in [0.05, 0.1) is 15.7 Å². The normalized spacial score (nSPS) is 14.7. The number of likely N-dealkylation sites (N-methyl/N-ethyl adjacent to an activating group) is 1. The number of carboxylic acids is 1. The van der Waals surface area contributed by atoms with Crippen LogP contribution in [0, 0.1) is 3.57 Å². The molecular weight excluding hydrogens is 515 g/mol. The van der Waals surface area contributed by atoms with Crippen LogP contribution >= 0.6 is 22.6 Å². The van der Waals surface area contributed by atoms with E-state index in [1.807, 2.05) is 13.0 Å². The summed E-state index contributed by atoms with van der Waals surface area (Å²) in [5.74, 6) is -0.375. The number of imide groups is 1. The van der Waals surface area contributed by atoms with Gasteiger partial charge in [0, 0.05) is 6.54 Å². The summed E-state index contributed by atoms with van der Waals surface area (Å²) >= 11 is 2.11. The number of ether oxygens (including phenoxy) is 2. The van der Waals surface area contributed by atoms with Gasteiger partial charge in [-0.25, -0.2) is 9.59 Å². The van der Waals surface area contributed by atoms with Crippen molar-refractivity contribution in [3.8, 4) is 11.5 Å². The number of hydrogen-bond acceptors (Lipinski definition) is 5. The molecule has 9 heteroatoms. The Balaban J connectivity index is 1.86. The van der Waals surface area contributed by atoms with Gasteiger partial charge in [0.2, 0.25) is 0 Å². The lowest BCUT2D eigenvalue weighted by atomic mass is 10.1. The molecule has 0 radical (unpaired) electrons. The minimum atomic E-state index is -1.00. The van der Waals surface area contributed by atoms with E-state index in [2.05, 4.69) is 27.9 Å². The summed E-state index contributed by atoms with van der Waals surface area (Å²) in [4.78, 5) is 36.5. The highest BCUT2D eigenvalue weighted by Gasteiger charge is 2.32. The van der Waals surface area contributed by atoms with Gasteiger partial charge in [-0.05, 0) is 77.9 Å². The first kappa shape index (κ1) is 22.6. The maximum absolute atomic E-state index is 12.3. The molecule has 0 spiro atoms. The van der Waals surface area contributed by atoms with Crippen LogP contribution in [0.3, 0.4) is 0 Å². The Morgan fingerprint density at radius 3 is 2.61 bits per heavy atom. The number of carboxylic acid groups (broad SMARTS) is 1. The SMILES string of the molecule is CCOc1cc(/C=C2\NC(=O)N(CC)C2=O)cc(I)c1OCc1cccc(C(=O)O)c1. The van der Waals surface area contributed by atoms with Crippen molar-refractivity contribution in [2.75, 3.05) is 13.2 Å². The molecule has 2 aromatic rings. The Labute approximate surface area is 193 Å². The molecule has 2 N–H and O–H groups in total. The van der Waals surface area contributed by atoms with Crippen LogP contribution in [-0.2, 0) is 11.4 Å². The molecule has 1 heterocycles. The van der Waals surface area contributed by atoms with Crippen molar-refractivity contribution in [2.45, 2.75) is 20.5 Å². The molecule has 1 aliphatic heterocycles. The minimum absolute atomic E-state index is 0.164. The van der Waals surface area contributed by atoms with Crippen LogP contribution < -0.4 is 14.8 Å². The fraction of sp³-hybridized carbons (Fsp3) is 0.227. The van der Waals surface area contributed by atoms with Gasteiger partial charge in [0.15, 0.2) is 11.5 Å². The number of aromatic carboxylic acids is 1. The predicted octanol–water partition coefficient (Wildman–Crippen LogP) is 3.88. The van der Waals surface area contributed by atoms with Crippen LogP contribution in [0.15, 0.2) is 42.1 Å². The molecule has 2 aromatic carbocycles. The number of halogens is 1. The maximum Gasteiger partial charge on any atom is 0.335 e. The molecular formula is C22H21IN2O6. The summed E-state index contributed by atoms with van der Waals surface area (Å²) < 4.78 is 12.4. The van der Waals surface area contributed by atoms with Crippen LogP contribution in [0.25, 0.3) is 6.08 Å². The van der Waals surface area contributed by atoms with E-state index in [0.717, 1.165) is 8.47 Å². The number of carbonyl (C=O) groups is 3. The minimum Gasteiger partial charge on any atom is -0.490 e. The van der Waals surface area contributed by atoms with Crippen LogP contribution in [0.1, 0.15) is 35.3 Å². The fourth-order valence-electron chi connectivity index (χ4n) is 3.05. The number of hydrogen-bond donors (Lipinski definition) is 2. The van der Waals surface area contributed by atoms with Gasteiger partial charge in [-0.2, -0.15) is 0 Å². The van der Waals surface area contributed by atoms with Gasteiger partial charge in [0.25, 0.3) is 5.91 Å². The topological polar surface area (TPSA) is 105 Å². The quantitative estimate of drug-likeness (QED) is 0.302. The van der Waals surface area contributed by atoms with E-state index in [9.17, 15) is 14.4 Å². The zero-order chi connectivity index (χ0) is 22.5. The Bertz CT molecular complexity index is 1070. The van der Waals surface area contributed by atoms with Gasteiger partial charge in [0.1, 0.15) is 12.3 Å². The smallest absolute Gasteiger partial charge is 0.335 e. The zero-order valence-corrected chi connectivity index (χ0v) is 19.1. The van der Waals surface area contributed by atoms with Gasteiger partial charge in [-0.15, -0.1) is 0 Å². The highest BCUT2D eigenvalue weighted by atomic mass is 127. The maximum atomic E-state index is 12.3. The molecule has 8 nitrogen and oxygen atoms in total. The summed E-state index contributed by atoms with van der Waals surface area (Å²) in [6.07, 6.45) is 1.60. The highest BCUT2D eigenvalue weighted by molar-refractivity contribution is 14.1. The van der Waals surface area contributed by atoms with Crippen molar-refractivity contribution >= 4 is 46.6 Å². The van der Waals surface area contributed by atoms with Crippen LogP contribution in [0.2, 0.25) is 0 Å². The number of benzene rings is 2. The highest BCUT2D eigenvalue weighted by Crippen LogP contribution is 2.35. The van der Waals surface area contributed by atoms with Crippen molar-refractivity contribution in [3.63, 3.8) is 0 Å². The summed E-state index contributed by atoms with van der Waals surface area (Å²) in [6, 6.07) is 9.63. The number of amides is 3. The third-order valence-corrected chi connectivity index (χ3v) is 5.28. The molecule has 1 saturated heterocycles. The van der Waals surface area contributed by atoms with Gasteiger partial charge >= 0.3 is 12.0 Å². The van der Waals surface area contributed by atoms with Gasteiger partial charge in [-0.3, -0.25) is 9.69 Å². The molecule has 3 rings (SSSR count). The molecule has 1 fully saturated rings. The first-order valence-electron chi connectivity index (χ1n) is 9.60. The Morgan fingerprint density at radius 1 is 1.19 bits per heavy atom. The lowest BCUT2D eigenvalue weighted by Crippen LogP contribution is -2.30. The number of carbonyl (C=O) groups excluding carboxylic acids is 2. The number of rotatable bonds is 8. The summed E-state index contributed by atoms with van der Waals surface area (Å²) in [5.41, 5.74) is 1.77. The lowest BCUT2D eigenvalue weighted by molar-refractivity contribution is -0.122. The second kappa shape index (κ2) is 9.82. The zero-order valence-electron chi connectivity index (χ0n) is 17.0. The first-order valence-corrected chi connectivity index (χ1v) is 10.7. The van der Waals surface area contributed by atoms with E-state index in [0.29, 0.717) is 35.8 Å². The van der Waals surface area contributed by atoms with Crippen LogP contribution in [0.5, 0.6) is 11.5 Å². The van der Waals surface area contributed by atoms with Crippen molar-refractivity contribution in [1.29, 1.82) is 0 Å². The second-order valence-corrected chi connectivity index (χ2v) is 7.76. The molecule has 162 valence electrons. The van der Waals surface area contributed by atoms with E-state index in [1.54, 1.807) is 37.3 Å². The molecule has 31 heavy (non-hydrogen) atoms. The summed E-state index contributed by atoms with van der Waals surface area (Å²) in [5, 5.41) is 11.7. The Kier molecular flexibility index (Phi) is 7.16. The van der Waals surface area contributed by atoms with E-state index in [1.165, 1.54) is 6.07 Å².